The molecule has 0 saturated carbocycles. The summed E-state index contributed by atoms with van der Waals surface area (Å²) in [6.45, 7) is 0. The van der Waals surface area contributed by atoms with Crippen molar-refractivity contribution < 1.29 is 4.74 Å². The van der Waals surface area contributed by atoms with E-state index in [9.17, 15) is 0 Å². The molecule has 34 heavy (non-hydrogen) atoms. The van der Waals surface area contributed by atoms with Crippen LogP contribution in [0.5, 0.6) is 11.5 Å². The third-order valence-electron chi connectivity index (χ3n) is 6.00. The van der Waals surface area contributed by atoms with E-state index in [2.05, 4.69) is 34.2 Å². The van der Waals surface area contributed by atoms with Crippen LogP contribution < -0.4 is 9.64 Å². The van der Waals surface area contributed by atoms with Crippen molar-refractivity contribution in [2.45, 2.75) is 0 Å². The standard InChI is InChI=1S/C27H16ClN5O/c28-25-29-26(32-19-11-3-1-9-17(19)18-10-2-4-12-20(18)32)31-27(30-25)33-21-13-5-7-15-23(21)34-24-16-8-6-14-22(24)33/h1-16H. The fourth-order valence-corrected chi connectivity index (χ4v) is 4.74. The fourth-order valence-electron chi connectivity index (χ4n) is 4.59. The van der Waals surface area contributed by atoms with Gasteiger partial charge >= 0.3 is 0 Å². The molecule has 6 nitrogen and oxygen atoms in total. The first-order valence-corrected chi connectivity index (χ1v) is 11.2. The lowest BCUT2D eigenvalue weighted by atomic mass is 10.2. The highest BCUT2D eigenvalue weighted by Crippen LogP contribution is 2.49. The highest BCUT2D eigenvalue weighted by molar-refractivity contribution is 6.28. The largest absolute Gasteiger partial charge is 0.453 e. The van der Waals surface area contributed by atoms with E-state index >= 15 is 0 Å². The van der Waals surface area contributed by atoms with Gasteiger partial charge in [0.1, 0.15) is 0 Å². The lowest BCUT2D eigenvalue weighted by Gasteiger charge is -2.31. The Labute approximate surface area is 199 Å². The molecule has 0 spiro atoms. The first-order chi connectivity index (χ1) is 16.8. The van der Waals surface area contributed by atoms with Gasteiger partial charge in [-0.2, -0.15) is 15.0 Å². The van der Waals surface area contributed by atoms with Crippen LogP contribution in [-0.4, -0.2) is 19.5 Å². The van der Waals surface area contributed by atoms with Crippen molar-refractivity contribution in [3.8, 4) is 17.4 Å². The van der Waals surface area contributed by atoms with E-state index in [1.165, 1.54) is 0 Å². The highest BCUT2D eigenvalue weighted by atomic mass is 35.5. The predicted octanol–water partition coefficient (Wildman–Crippen LogP) is 7.20. The number of aromatic nitrogens is 4. The number of halogens is 1. The fraction of sp³-hybridized carbons (Fsp3) is 0. The number of hydrogen-bond donors (Lipinski definition) is 0. The monoisotopic (exact) mass is 461 g/mol. The highest BCUT2D eigenvalue weighted by Gasteiger charge is 2.28. The average molecular weight is 462 g/mol. The van der Waals surface area contributed by atoms with Crippen molar-refractivity contribution in [3.63, 3.8) is 0 Å². The Balaban J connectivity index is 1.51. The molecule has 1 aliphatic rings. The van der Waals surface area contributed by atoms with Crippen molar-refractivity contribution in [2.75, 3.05) is 4.90 Å². The molecule has 0 fully saturated rings. The van der Waals surface area contributed by atoms with Crippen LogP contribution in [0.4, 0.5) is 17.3 Å². The summed E-state index contributed by atoms with van der Waals surface area (Å²) in [6.07, 6.45) is 0. The van der Waals surface area contributed by atoms with Gasteiger partial charge in [0.05, 0.1) is 22.4 Å². The molecule has 7 rings (SSSR count). The maximum absolute atomic E-state index is 6.51. The summed E-state index contributed by atoms with van der Waals surface area (Å²) >= 11 is 6.51. The molecule has 0 atom stereocenters. The van der Waals surface area contributed by atoms with Crippen molar-refractivity contribution >= 4 is 50.7 Å². The minimum atomic E-state index is 0.114. The summed E-state index contributed by atoms with van der Waals surface area (Å²) in [5.41, 5.74) is 3.66. The average Bonchev–Trinajstić information content (AvgIpc) is 3.21. The second-order valence-electron chi connectivity index (χ2n) is 7.95. The van der Waals surface area contributed by atoms with Gasteiger partial charge in [0.2, 0.25) is 17.2 Å². The molecule has 3 heterocycles. The number of nitrogens with zero attached hydrogens (tertiary/aromatic N) is 5. The molecule has 0 saturated heterocycles. The van der Waals surface area contributed by atoms with E-state index in [0.29, 0.717) is 11.9 Å². The lowest BCUT2D eigenvalue weighted by molar-refractivity contribution is 0.476. The maximum atomic E-state index is 6.51. The summed E-state index contributed by atoms with van der Waals surface area (Å²) in [4.78, 5) is 15.9. The number of hydrogen-bond acceptors (Lipinski definition) is 5. The van der Waals surface area contributed by atoms with Crippen LogP contribution in [-0.2, 0) is 0 Å². The molecule has 0 unspecified atom stereocenters. The van der Waals surface area contributed by atoms with E-state index < -0.39 is 0 Å². The van der Waals surface area contributed by atoms with Crippen LogP contribution in [0.3, 0.4) is 0 Å². The molecular weight excluding hydrogens is 446 g/mol. The van der Waals surface area contributed by atoms with Crippen LogP contribution >= 0.6 is 11.6 Å². The second kappa shape index (κ2) is 7.30. The zero-order chi connectivity index (χ0) is 22.6. The summed E-state index contributed by atoms with van der Waals surface area (Å²) in [5.74, 6) is 2.31. The molecule has 0 aliphatic carbocycles. The van der Waals surface area contributed by atoms with Crippen LogP contribution in [0, 0.1) is 0 Å². The minimum Gasteiger partial charge on any atom is -0.453 e. The van der Waals surface area contributed by atoms with Crippen molar-refractivity contribution in [1.82, 2.24) is 19.5 Å². The number of benzene rings is 4. The first kappa shape index (κ1) is 19.1. The third-order valence-corrected chi connectivity index (χ3v) is 6.17. The van der Waals surface area contributed by atoms with Crippen LogP contribution in [0.2, 0.25) is 5.28 Å². The molecule has 162 valence electrons. The summed E-state index contributed by atoms with van der Waals surface area (Å²) in [5, 5.41) is 2.36. The van der Waals surface area contributed by atoms with Gasteiger partial charge in [-0.25, -0.2) is 0 Å². The Morgan fingerprint density at radius 2 is 1.06 bits per heavy atom. The molecule has 6 aromatic rings. The van der Waals surface area contributed by atoms with Crippen LogP contribution in [0.25, 0.3) is 27.8 Å². The zero-order valence-corrected chi connectivity index (χ0v) is 18.5. The third kappa shape index (κ3) is 2.79. The Morgan fingerprint density at radius 1 is 0.559 bits per heavy atom. The van der Waals surface area contributed by atoms with E-state index in [0.717, 1.165) is 44.7 Å². The number of rotatable bonds is 2. The van der Waals surface area contributed by atoms with Crippen molar-refractivity contribution in [3.05, 3.63) is 102 Å². The predicted molar refractivity (Wildman–Crippen MR) is 134 cm³/mol. The van der Waals surface area contributed by atoms with E-state index in [4.69, 9.17) is 21.3 Å². The van der Waals surface area contributed by atoms with Crippen LogP contribution in [0.1, 0.15) is 0 Å². The Hall–Kier alpha value is -4.42. The summed E-state index contributed by atoms with van der Waals surface area (Å²) in [7, 11) is 0. The molecule has 4 aromatic carbocycles. The second-order valence-corrected chi connectivity index (χ2v) is 8.29. The normalized spacial score (nSPS) is 12.4. The Bertz CT molecular complexity index is 1630. The van der Waals surface area contributed by atoms with Crippen LogP contribution in [0.15, 0.2) is 97.1 Å². The van der Waals surface area contributed by atoms with E-state index in [-0.39, 0.29) is 5.28 Å². The molecule has 0 bridgehead atoms. The maximum Gasteiger partial charge on any atom is 0.241 e. The molecule has 0 amide bonds. The molecule has 0 radical (unpaired) electrons. The topological polar surface area (TPSA) is 56.1 Å². The number of ether oxygens (including phenoxy) is 1. The minimum absolute atomic E-state index is 0.114. The first-order valence-electron chi connectivity index (χ1n) is 10.8. The van der Waals surface area contributed by atoms with E-state index in [1.807, 2.05) is 82.3 Å². The van der Waals surface area contributed by atoms with Gasteiger partial charge in [0.25, 0.3) is 0 Å². The van der Waals surface area contributed by atoms with Gasteiger partial charge in [-0.15, -0.1) is 0 Å². The Kier molecular flexibility index (Phi) is 4.10. The Morgan fingerprint density at radius 3 is 1.68 bits per heavy atom. The SMILES string of the molecule is Clc1nc(N2c3ccccc3Oc3ccccc32)nc(-n2c3ccccc3c3ccccc32)n1. The number of para-hydroxylation sites is 6. The molecule has 2 aromatic heterocycles. The summed E-state index contributed by atoms with van der Waals surface area (Å²) in [6, 6.07) is 32.0. The molecular formula is C27H16ClN5O. The van der Waals surface area contributed by atoms with Crippen molar-refractivity contribution in [1.29, 1.82) is 0 Å². The lowest BCUT2D eigenvalue weighted by Crippen LogP contribution is -2.19. The molecule has 1 aliphatic heterocycles. The molecule has 7 heteroatoms. The number of anilines is 3. The smallest absolute Gasteiger partial charge is 0.241 e. The van der Waals surface area contributed by atoms with Gasteiger partial charge < -0.3 is 4.74 Å². The molecule has 0 N–H and O–H groups in total. The zero-order valence-electron chi connectivity index (χ0n) is 17.8. The van der Waals surface area contributed by atoms with Gasteiger partial charge in [0.15, 0.2) is 11.5 Å². The van der Waals surface area contributed by atoms with E-state index in [1.54, 1.807) is 0 Å². The van der Waals surface area contributed by atoms with Gasteiger partial charge in [-0.3, -0.25) is 9.47 Å². The number of fused-ring (bicyclic) bond motifs is 5. The van der Waals surface area contributed by atoms with Crippen molar-refractivity contribution in [2.24, 2.45) is 0 Å². The quantitative estimate of drug-likeness (QED) is 0.272. The summed E-state index contributed by atoms with van der Waals surface area (Å²) < 4.78 is 8.15. The van der Waals surface area contributed by atoms with Gasteiger partial charge in [-0.05, 0) is 48.0 Å². The van der Waals surface area contributed by atoms with Gasteiger partial charge in [-0.1, -0.05) is 60.7 Å². The van der Waals surface area contributed by atoms with Gasteiger partial charge in [0, 0.05) is 10.8 Å².